The maximum Gasteiger partial charge on any atom is 0.310 e. The van der Waals surface area contributed by atoms with Gasteiger partial charge in [-0.05, 0) is 24.8 Å². The molecule has 0 radical (unpaired) electrons. The number of carbonyl (C=O) groups is 1. The van der Waals surface area contributed by atoms with Gasteiger partial charge in [0.2, 0.25) is 0 Å². The largest absolute Gasteiger partial charge is 0.481 e. The Hall–Kier alpha value is -1.37. The van der Waals surface area contributed by atoms with Gasteiger partial charge in [0.15, 0.2) is 9.84 Å². The molecule has 1 aromatic heterocycles. The van der Waals surface area contributed by atoms with Crippen LogP contribution in [0.15, 0.2) is 12.4 Å². The molecule has 2 rings (SSSR count). The van der Waals surface area contributed by atoms with Gasteiger partial charge < -0.3 is 5.11 Å². The van der Waals surface area contributed by atoms with Gasteiger partial charge >= 0.3 is 5.97 Å². The maximum atomic E-state index is 11.5. The first-order chi connectivity index (χ1) is 8.33. The van der Waals surface area contributed by atoms with E-state index in [0.29, 0.717) is 12.8 Å². The third-order valence-electron chi connectivity index (χ3n) is 3.49. The number of carboxylic acid groups (broad SMARTS) is 1. The Labute approximate surface area is 106 Å². The van der Waals surface area contributed by atoms with Crippen molar-refractivity contribution < 1.29 is 18.3 Å². The van der Waals surface area contributed by atoms with Crippen molar-refractivity contribution in [2.45, 2.75) is 19.3 Å². The van der Waals surface area contributed by atoms with E-state index < -0.39 is 21.2 Å². The van der Waals surface area contributed by atoms with Crippen LogP contribution in [0.5, 0.6) is 0 Å². The number of aryl methyl sites for hydroxylation is 2. The van der Waals surface area contributed by atoms with Crippen LogP contribution >= 0.6 is 0 Å². The standard InChI is InChI=1S/C11H16N2O4S/c1-13-7-9(6-12-13)2-3-11(10(14)15)4-5-18(16,17)8-11/h6-7H,2-5,8H2,1H3,(H,14,15). The Bertz CT molecular complexity index is 563. The third-order valence-corrected chi connectivity index (χ3v) is 5.31. The molecule has 1 unspecified atom stereocenters. The molecule has 1 aromatic rings. The lowest BCUT2D eigenvalue weighted by Crippen LogP contribution is -2.32. The lowest BCUT2D eigenvalue weighted by Gasteiger charge is -2.21. The zero-order valence-corrected chi connectivity index (χ0v) is 11.0. The zero-order chi connectivity index (χ0) is 13.4. The summed E-state index contributed by atoms with van der Waals surface area (Å²) in [7, 11) is -1.41. The van der Waals surface area contributed by atoms with E-state index in [1.165, 1.54) is 0 Å². The number of nitrogens with zero attached hydrogens (tertiary/aromatic N) is 2. The highest BCUT2D eigenvalue weighted by Crippen LogP contribution is 2.37. The second-order valence-corrected chi connectivity index (χ2v) is 7.13. The summed E-state index contributed by atoms with van der Waals surface area (Å²) in [6.07, 6.45) is 4.59. The highest BCUT2D eigenvalue weighted by molar-refractivity contribution is 7.91. The molecule has 0 aliphatic carbocycles. The van der Waals surface area contributed by atoms with Crippen LogP contribution in [0.25, 0.3) is 0 Å². The molecule has 18 heavy (non-hydrogen) atoms. The fourth-order valence-corrected chi connectivity index (χ4v) is 4.47. The first-order valence-electron chi connectivity index (χ1n) is 5.74. The van der Waals surface area contributed by atoms with E-state index in [0.717, 1.165) is 5.56 Å². The lowest BCUT2D eigenvalue weighted by molar-refractivity contribution is -0.147. The number of hydrogen-bond donors (Lipinski definition) is 1. The van der Waals surface area contributed by atoms with Crippen molar-refractivity contribution in [1.82, 2.24) is 9.78 Å². The fraction of sp³-hybridized carbons (Fsp3) is 0.636. The first-order valence-corrected chi connectivity index (χ1v) is 7.56. The Balaban J connectivity index is 2.11. The molecule has 6 nitrogen and oxygen atoms in total. The lowest BCUT2D eigenvalue weighted by atomic mass is 9.82. The Morgan fingerprint density at radius 2 is 2.33 bits per heavy atom. The van der Waals surface area contributed by atoms with Crippen molar-refractivity contribution in [2.75, 3.05) is 11.5 Å². The molecule has 0 aromatic carbocycles. The molecule has 100 valence electrons. The zero-order valence-electron chi connectivity index (χ0n) is 10.2. The Kier molecular flexibility index (Phi) is 3.18. The quantitative estimate of drug-likeness (QED) is 0.848. The molecular formula is C11H16N2O4S. The summed E-state index contributed by atoms with van der Waals surface area (Å²) in [5.74, 6) is -1.27. The molecule has 1 saturated heterocycles. The van der Waals surface area contributed by atoms with Gasteiger partial charge in [0.05, 0.1) is 23.1 Å². The monoisotopic (exact) mass is 272 g/mol. The van der Waals surface area contributed by atoms with E-state index in [2.05, 4.69) is 5.10 Å². The van der Waals surface area contributed by atoms with Crippen LogP contribution in [0, 0.1) is 5.41 Å². The predicted molar refractivity (Wildman–Crippen MR) is 64.9 cm³/mol. The molecular weight excluding hydrogens is 256 g/mol. The molecule has 1 aliphatic heterocycles. The van der Waals surface area contributed by atoms with Crippen molar-refractivity contribution >= 4 is 15.8 Å². The molecule has 2 heterocycles. The van der Waals surface area contributed by atoms with Crippen molar-refractivity contribution in [1.29, 1.82) is 0 Å². The number of carboxylic acids is 1. The van der Waals surface area contributed by atoms with Crippen LogP contribution in [0.1, 0.15) is 18.4 Å². The number of hydrogen-bond acceptors (Lipinski definition) is 4. The van der Waals surface area contributed by atoms with Gasteiger partial charge in [-0.1, -0.05) is 0 Å². The van der Waals surface area contributed by atoms with E-state index in [4.69, 9.17) is 0 Å². The summed E-state index contributed by atoms with van der Waals surface area (Å²) >= 11 is 0. The average Bonchev–Trinajstić information content (AvgIpc) is 2.80. The minimum atomic E-state index is -3.20. The van der Waals surface area contributed by atoms with Crippen molar-refractivity contribution in [3.05, 3.63) is 18.0 Å². The molecule has 0 amide bonds. The SMILES string of the molecule is Cn1cc(CCC2(C(=O)O)CCS(=O)(=O)C2)cn1. The van der Waals surface area contributed by atoms with Crippen LogP contribution < -0.4 is 0 Å². The minimum Gasteiger partial charge on any atom is -0.481 e. The molecule has 0 saturated carbocycles. The molecule has 0 bridgehead atoms. The van der Waals surface area contributed by atoms with Gasteiger partial charge in [0.1, 0.15) is 0 Å². The molecule has 0 spiro atoms. The third kappa shape index (κ3) is 2.55. The van der Waals surface area contributed by atoms with E-state index in [1.54, 1.807) is 17.9 Å². The first kappa shape index (κ1) is 13.1. The second-order valence-electron chi connectivity index (χ2n) is 4.95. The van der Waals surface area contributed by atoms with Gasteiger partial charge in [-0.3, -0.25) is 9.48 Å². The summed E-state index contributed by atoms with van der Waals surface area (Å²) in [6.45, 7) is 0. The highest BCUT2D eigenvalue weighted by Gasteiger charge is 2.47. The minimum absolute atomic E-state index is 0.0215. The number of sulfone groups is 1. The molecule has 1 atom stereocenters. The van der Waals surface area contributed by atoms with Crippen LogP contribution in [0.4, 0.5) is 0 Å². The summed E-state index contributed by atoms with van der Waals surface area (Å²) in [5.41, 5.74) is -0.184. The van der Waals surface area contributed by atoms with Crippen LogP contribution in [-0.4, -0.2) is 40.8 Å². The molecule has 1 aliphatic rings. The summed E-state index contributed by atoms with van der Waals surface area (Å²) in [4.78, 5) is 11.4. The molecule has 7 heteroatoms. The van der Waals surface area contributed by atoms with Gasteiger partial charge in [-0.25, -0.2) is 8.42 Å². The fourth-order valence-electron chi connectivity index (χ4n) is 2.37. The van der Waals surface area contributed by atoms with E-state index in [9.17, 15) is 18.3 Å². The van der Waals surface area contributed by atoms with E-state index in [1.807, 2.05) is 6.20 Å². The normalized spacial score (nSPS) is 26.3. The van der Waals surface area contributed by atoms with Crippen molar-refractivity contribution in [3.8, 4) is 0 Å². The Morgan fingerprint density at radius 1 is 1.61 bits per heavy atom. The van der Waals surface area contributed by atoms with Crippen LogP contribution in [0.2, 0.25) is 0 Å². The highest BCUT2D eigenvalue weighted by atomic mass is 32.2. The second kappa shape index (κ2) is 4.38. The Morgan fingerprint density at radius 3 is 2.78 bits per heavy atom. The van der Waals surface area contributed by atoms with Gasteiger partial charge in [0, 0.05) is 13.2 Å². The van der Waals surface area contributed by atoms with Gasteiger partial charge in [-0.2, -0.15) is 5.10 Å². The number of aromatic nitrogens is 2. The van der Waals surface area contributed by atoms with Crippen LogP contribution in [-0.2, 0) is 28.1 Å². The number of rotatable bonds is 4. The summed E-state index contributed by atoms with van der Waals surface area (Å²) < 4.78 is 24.6. The summed E-state index contributed by atoms with van der Waals surface area (Å²) in [5, 5.41) is 13.3. The van der Waals surface area contributed by atoms with Gasteiger partial charge in [0.25, 0.3) is 0 Å². The van der Waals surface area contributed by atoms with Crippen molar-refractivity contribution in [3.63, 3.8) is 0 Å². The maximum absolute atomic E-state index is 11.5. The smallest absolute Gasteiger partial charge is 0.310 e. The topological polar surface area (TPSA) is 89.3 Å². The summed E-state index contributed by atoms with van der Waals surface area (Å²) in [6, 6.07) is 0. The van der Waals surface area contributed by atoms with Crippen molar-refractivity contribution in [2.24, 2.45) is 12.5 Å². The molecule has 1 N–H and O–H groups in total. The predicted octanol–water partition coefficient (Wildman–Crippen LogP) is 0.242. The van der Waals surface area contributed by atoms with Crippen LogP contribution in [0.3, 0.4) is 0 Å². The average molecular weight is 272 g/mol. The number of aliphatic carboxylic acids is 1. The van der Waals surface area contributed by atoms with E-state index in [-0.39, 0.29) is 17.9 Å². The van der Waals surface area contributed by atoms with Gasteiger partial charge in [-0.15, -0.1) is 0 Å². The molecule has 1 fully saturated rings. The van der Waals surface area contributed by atoms with E-state index >= 15 is 0 Å².